The summed E-state index contributed by atoms with van der Waals surface area (Å²) >= 11 is 0. The lowest BCUT2D eigenvalue weighted by Gasteiger charge is -2.33. The SMILES string of the molecule is CCCCCCCCNC(=O)C1C(C)CCCC1N. The van der Waals surface area contributed by atoms with Crippen LogP contribution in [0.5, 0.6) is 0 Å². The first-order valence-electron chi connectivity index (χ1n) is 8.20. The van der Waals surface area contributed by atoms with E-state index in [2.05, 4.69) is 19.2 Å². The number of nitrogens with two attached hydrogens (primary N) is 1. The summed E-state index contributed by atoms with van der Waals surface area (Å²) in [5.74, 6) is 0.662. The number of unbranched alkanes of at least 4 members (excludes halogenated alkanes) is 5. The fourth-order valence-electron chi connectivity index (χ4n) is 3.14. The average Bonchev–Trinajstić information content (AvgIpc) is 2.37. The molecule has 0 radical (unpaired) electrons. The van der Waals surface area contributed by atoms with Gasteiger partial charge in [0.15, 0.2) is 0 Å². The Morgan fingerprint density at radius 1 is 1.16 bits per heavy atom. The molecule has 1 rings (SSSR count). The highest BCUT2D eigenvalue weighted by molar-refractivity contribution is 5.79. The number of carbonyl (C=O) groups excluding carboxylic acids is 1. The van der Waals surface area contributed by atoms with Crippen molar-refractivity contribution in [2.24, 2.45) is 17.6 Å². The molecule has 1 aliphatic carbocycles. The van der Waals surface area contributed by atoms with Gasteiger partial charge in [0, 0.05) is 12.6 Å². The van der Waals surface area contributed by atoms with Gasteiger partial charge < -0.3 is 11.1 Å². The molecule has 1 saturated carbocycles. The first kappa shape index (κ1) is 16.5. The molecule has 1 aliphatic rings. The number of carbonyl (C=O) groups is 1. The predicted molar refractivity (Wildman–Crippen MR) is 80.9 cm³/mol. The van der Waals surface area contributed by atoms with Gasteiger partial charge in [0.1, 0.15) is 0 Å². The van der Waals surface area contributed by atoms with Crippen LogP contribution in [0.15, 0.2) is 0 Å². The van der Waals surface area contributed by atoms with Crippen LogP contribution in [0.4, 0.5) is 0 Å². The fraction of sp³-hybridized carbons (Fsp3) is 0.938. The van der Waals surface area contributed by atoms with E-state index in [0.29, 0.717) is 5.92 Å². The smallest absolute Gasteiger partial charge is 0.224 e. The Balaban J connectivity index is 2.12. The maximum absolute atomic E-state index is 12.2. The van der Waals surface area contributed by atoms with Crippen LogP contribution in [0.2, 0.25) is 0 Å². The average molecular weight is 268 g/mol. The molecule has 1 fully saturated rings. The Hall–Kier alpha value is -0.570. The van der Waals surface area contributed by atoms with Crippen LogP contribution in [0.1, 0.15) is 71.6 Å². The second kappa shape index (κ2) is 9.35. The summed E-state index contributed by atoms with van der Waals surface area (Å²) in [5, 5.41) is 3.09. The van der Waals surface area contributed by atoms with Crippen LogP contribution in [-0.4, -0.2) is 18.5 Å². The summed E-state index contributed by atoms with van der Waals surface area (Å²) < 4.78 is 0. The molecule has 1 amide bonds. The standard InChI is InChI=1S/C16H32N2O/c1-3-4-5-6-7-8-12-18-16(19)15-13(2)10-9-11-14(15)17/h13-15H,3-12,17H2,1-2H3,(H,18,19). The third-order valence-corrected chi connectivity index (χ3v) is 4.40. The predicted octanol–water partition coefficient (Wildman–Crippen LogP) is 3.23. The third-order valence-electron chi connectivity index (χ3n) is 4.40. The quantitative estimate of drug-likeness (QED) is 0.664. The second-order valence-electron chi connectivity index (χ2n) is 6.16. The molecular formula is C16H32N2O. The first-order chi connectivity index (χ1) is 9.16. The molecule has 3 N–H and O–H groups in total. The van der Waals surface area contributed by atoms with Crippen LogP contribution in [0, 0.1) is 11.8 Å². The summed E-state index contributed by atoms with van der Waals surface area (Å²) in [6.07, 6.45) is 10.9. The van der Waals surface area contributed by atoms with Gasteiger partial charge in [-0.1, -0.05) is 52.4 Å². The molecule has 0 aromatic rings. The van der Waals surface area contributed by atoms with Crippen molar-refractivity contribution in [3.63, 3.8) is 0 Å². The highest BCUT2D eigenvalue weighted by Crippen LogP contribution is 2.28. The molecule has 0 aromatic heterocycles. The van der Waals surface area contributed by atoms with Gasteiger partial charge in [0.05, 0.1) is 5.92 Å². The van der Waals surface area contributed by atoms with Gasteiger partial charge in [-0.25, -0.2) is 0 Å². The third kappa shape index (κ3) is 5.94. The van der Waals surface area contributed by atoms with Crippen molar-refractivity contribution < 1.29 is 4.79 Å². The van der Waals surface area contributed by atoms with E-state index in [0.717, 1.165) is 25.8 Å². The van der Waals surface area contributed by atoms with Crippen molar-refractivity contribution in [2.45, 2.75) is 77.7 Å². The van der Waals surface area contributed by atoms with Crippen LogP contribution < -0.4 is 11.1 Å². The van der Waals surface area contributed by atoms with Gasteiger partial charge in [-0.3, -0.25) is 4.79 Å². The Kier molecular flexibility index (Phi) is 8.11. The fourth-order valence-corrected chi connectivity index (χ4v) is 3.14. The normalized spacial score (nSPS) is 27.2. The molecule has 0 heterocycles. The number of rotatable bonds is 8. The zero-order chi connectivity index (χ0) is 14.1. The Morgan fingerprint density at radius 3 is 2.53 bits per heavy atom. The number of amides is 1. The van der Waals surface area contributed by atoms with Crippen molar-refractivity contribution in [2.75, 3.05) is 6.54 Å². The minimum absolute atomic E-state index is 0.0360. The number of nitrogens with one attached hydrogen (secondary N) is 1. The van der Waals surface area contributed by atoms with Gasteiger partial charge >= 0.3 is 0 Å². The zero-order valence-corrected chi connectivity index (χ0v) is 12.8. The van der Waals surface area contributed by atoms with Crippen molar-refractivity contribution in [3.05, 3.63) is 0 Å². The molecule has 3 nitrogen and oxygen atoms in total. The Labute approximate surface area is 118 Å². The molecule has 0 aliphatic heterocycles. The van der Waals surface area contributed by atoms with Gasteiger partial charge in [-0.05, 0) is 25.2 Å². The molecule has 3 heteroatoms. The Bertz CT molecular complexity index is 245. The van der Waals surface area contributed by atoms with Crippen LogP contribution in [0.25, 0.3) is 0 Å². The summed E-state index contributed by atoms with van der Waals surface area (Å²) in [6, 6.07) is 0.0632. The van der Waals surface area contributed by atoms with Gasteiger partial charge in [-0.2, -0.15) is 0 Å². The van der Waals surface area contributed by atoms with E-state index in [1.807, 2.05) is 0 Å². The van der Waals surface area contributed by atoms with Crippen LogP contribution in [0.3, 0.4) is 0 Å². The monoisotopic (exact) mass is 268 g/mol. The van der Waals surface area contributed by atoms with E-state index in [1.165, 1.54) is 38.5 Å². The van der Waals surface area contributed by atoms with Crippen molar-refractivity contribution >= 4 is 5.91 Å². The number of hydrogen-bond donors (Lipinski definition) is 2. The summed E-state index contributed by atoms with van der Waals surface area (Å²) in [4.78, 5) is 12.2. The van der Waals surface area contributed by atoms with Crippen molar-refractivity contribution in [1.29, 1.82) is 0 Å². The van der Waals surface area contributed by atoms with Crippen LogP contribution >= 0.6 is 0 Å². The van der Waals surface area contributed by atoms with E-state index in [1.54, 1.807) is 0 Å². The molecule has 0 aromatic carbocycles. The Morgan fingerprint density at radius 2 is 1.84 bits per heavy atom. The molecular weight excluding hydrogens is 236 g/mol. The van der Waals surface area contributed by atoms with E-state index in [4.69, 9.17) is 5.73 Å². The van der Waals surface area contributed by atoms with Crippen molar-refractivity contribution in [1.82, 2.24) is 5.32 Å². The lowest BCUT2D eigenvalue weighted by atomic mass is 9.76. The van der Waals surface area contributed by atoms with Gasteiger partial charge in [0.2, 0.25) is 5.91 Å². The maximum atomic E-state index is 12.2. The molecule has 112 valence electrons. The maximum Gasteiger partial charge on any atom is 0.224 e. The topological polar surface area (TPSA) is 55.1 Å². The van der Waals surface area contributed by atoms with Crippen molar-refractivity contribution in [3.8, 4) is 0 Å². The molecule has 0 saturated heterocycles. The first-order valence-corrected chi connectivity index (χ1v) is 8.20. The highest BCUT2D eigenvalue weighted by atomic mass is 16.1. The summed E-state index contributed by atoms with van der Waals surface area (Å²) in [6.45, 7) is 5.21. The van der Waals surface area contributed by atoms with Gasteiger partial charge in [-0.15, -0.1) is 0 Å². The largest absolute Gasteiger partial charge is 0.356 e. The van der Waals surface area contributed by atoms with Crippen LogP contribution in [-0.2, 0) is 4.79 Å². The molecule has 19 heavy (non-hydrogen) atoms. The zero-order valence-electron chi connectivity index (χ0n) is 12.8. The molecule has 0 bridgehead atoms. The highest BCUT2D eigenvalue weighted by Gasteiger charge is 2.33. The molecule has 3 atom stereocenters. The summed E-state index contributed by atoms with van der Waals surface area (Å²) in [5.41, 5.74) is 6.09. The van der Waals surface area contributed by atoms with E-state index in [9.17, 15) is 4.79 Å². The van der Waals surface area contributed by atoms with E-state index in [-0.39, 0.29) is 17.9 Å². The number of hydrogen-bond acceptors (Lipinski definition) is 2. The molecule has 3 unspecified atom stereocenters. The molecule has 0 spiro atoms. The lowest BCUT2D eigenvalue weighted by Crippen LogP contribution is -2.47. The van der Waals surface area contributed by atoms with E-state index >= 15 is 0 Å². The lowest BCUT2D eigenvalue weighted by molar-refractivity contribution is -0.128. The van der Waals surface area contributed by atoms with Gasteiger partial charge in [0.25, 0.3) is 0 Å². The van der Waals surface area contributed by atoms with E-state index < -0.39 is 0 Å². The summed E-state index contributed by atoms with van der Waals surface area (Å²) in [7, 11) is 0. The second-order valence-corrected chi connectivity index (χ2v) is 6.16. The minimum Gasteiger partial charge on any atom is -0.356 e. The minimum atomic E-state index is 0.0360.